The lowest BCUT2D eigenvalue weighted by Crippen LogP contribution is -2.41. The summed E-state index contributed by atoms with van der Waals surface area (Å²) >= 11 is 0. The van der Waals surface area contributed by atoms with Crippen molar-refractivity contribution in [2.45, 2.75) is 57.9 Å². The summed E-state index contributed by atoms with van der Waals surface area (Å²) in [6.07, 6.45) is 9.92. The second-order valence-corrected chi connectivity index (χ2v) is 5.54. The number of hydrogen-bond acceptors (Lipinski definition) is 2. The maximum absolute atomic E-state index is 3.49. The van der Waals surface area contributed by atoms with Crippen molar-refractivity contribution in [2.24, 2.45) is 5.92 Å². The van der Waals surface area contributed by atoms with Crippen molar-refractivity contribution < 1.29 is 0 Å². The maximum Gasteiger partial charge on any atom is 0.0125 e. The van der Waals surface area contributed by atoms with E-state index in [0.29, 0.717) is 0 Å². The van der Waals surface area contributed by atoms with E-state index in [4.69, 9.17) is 0 Å². The van der Waals surface area contributed by atoms with E-state index < -0.39 is 0 Å². The number of unbranched alkanes of at least 4 members (excludes halogenated alkanes) is 2. The molecule has 0 radical (unpaired) electrons. The molecule has 0 aromatic rings. The van der Waals surface area contributed by atoms with Crippen LogP contribution in [0.1, 0.15) is 51.9 Å². The van der Waals surface area contributed by atoms with Crippen LogP contribution in [0.5, 0.6) is 0 Å². The Kier molecular flexibility index (Phi) is 5.11. The van der Waals surface area contributed by atoms with Crippen molar-refractivity contribution in [3.05, 3.63) is 0 Å². The van der Waals surface area contributed by atoms with Crippen LogP contribution in [0.2, 0.25) is 0 Å². The Morgan fingerprint density at radius 3 is 2.69 bits per heavy atom. The van der Waals surface area contributed by atoms with Crippen molar-refractivity contribution in [3.63, 3.8) is 0 Å². The molecule has 1 N–H and O–H groups in total. The fourth-order valence-electron chi connectivity index (χ4n) is 3.46. The van der Waals surface area contributed by atoms with Crippen molar-refractivity contribution in [1.29, 1.82) is 0 Å². The second kappa shape index (κ2) is 6.61. The average molecular weight is 224 g/mol. The van der Waals surface area contributed by atoms with Crippen LogP contribution >= 0.6 is 0 Å². The molecule has 0 aliphatic carbocycles. The molecule has 0 spiro atoms. The van der Waals surface area contributed by atoms with E-state index in [1.54, 1.807) is 0 Å². The molecule has 2 nitrogen and oxygen atoms in total. The number of nitrogens with one attached hydrogen (secondary N) is 1. The summed E-state index contributed by atoms with van der Waals surface area (Å²) < 4.78 is 0. The lowest BCUT2D eigenvalue weighted by atomic mass is 9.88. The number of rotatable bonds is 5. The Balaban J connectivity index is 1.77. The van der Waals surface area contributed by atoms with Crippen molar-refractivity contribution in [1.82, 2.24) is 10.2 Å². The monoisotopic (exact) mass is 224 g/mol. The molecule has 0 bridgehead atoms. The molecule has 0 amide bonds. The van der Waals surface area contributed by atoms with Crippen LogP contribution in [-0.4, -0.2) is 37.1 Å². The fraction of sp³-hybridized carbons (Fsp3) is 1.00. The van der Waals surface area contributed by atoms with Crippen LogP contribution in [-0.2, 0) is 0 Å². The van der Waals surface area contributed by atoms with E-state index in [-0.39, 0.29) is 0 Å². The lowest BCUT2D eigenvalue weighted by molar-refractivity contribution is 0.160. The molecule has 0 aromatic carbocycles. The van der Waals surface area contributed by atoms with Gasteiger partial charge in [0.05, 0.1) is 0 Å². The van der Waals surface area contributed by atoms with Gasteiger partial charge in [0.1, 0.15) is 0 Å². The van der Waals surface area contributed by atoms with E-state index in [0.717, 1.165) is 12.0 Å². The van der Waals surface area contributed by atoms with Gasteiger partial charge in [-0.3, -0.25) is 0 Å². The molecule has 2 aliphatic heterocycles. The maximum atomic E-state index is 3.49. The highest BCUT2D eigenvalue weighted by Crippen LogP contribution is 2.29. The van der Waals surface area contributed by atoms with Crippen LogP contribution in [0.4, 0.5) is 0 Å². The first kappa shape index (κ1) is 12.4. The largest absolute Gasteiger partial charge is 0.317 e. The van der Waals surface area contributed by atoms with Gasteiger partial charge in [0.15, 0.2) is 0 Å². The standard InChI is InChI=1S/C14H28N2/c1-2-3-4-11-16-12-5-6-14(16)13-7-9-15-10-8-13/h13-15H,2-12H2,1H3. The minimum atomic E-state index is 0.930. The zero-order valence-electron chi connectivity index (χ0n) is 10.9. The van der Waals surface area contributed by atoms with E-state index in [2.05, 4.69) is 17.1 Å². The third-order valence-corrected chi connectivity index (χ3v) is 4.39. The minimum absolute atomic E-state index is 0.930. The first-order valence-corrected chi connectivity index (χ1v) is 7.36. The molecule has 2 aliphatic rings. The van der Waals surface area contributed by atoms with Gasteiger partial charge in [-0.1, -0.05) is 19.8 Å². The Labute approximate surface area is 101 Å². The first-order valence-electron chi connectivity index (χ1n) is 7.36. The Hall–Kier alpha value is -0.0800. The summed E-state index contributed by atoms with van der Waals surface area (Å²) in [7, 11) is 0. The summed E-state index contributed by atoms with van der Waals surface area (Å²) in [5, 5.41) is 3.49. The van der Waals surface area contributed by atoms with Gasteiger partial charge in [-0.15, -0.1) is 0 Å². The molecule has 2 heterocycles. The van der Waals surface area contributed by atoms with Crippen LogP contribution in [0, 0.1) is 5.92 Å². The van der Waals surface area contributed by atoms with E-state index in [9.17, 15) is 0 Å². The predicted octanol–water partition coefficient (Wildman–Crippen LogP) is 2.64. The number of piperidine rings is 1. The topological polar surface area (TPSA) is 15.3 Å². The zero-order chi connectivity index (χ0) is 11.2. The van der Waals surface area contributed by atoms with Gasteiger partial charge in [-0.25, -0.2) is 0 Å². The number of hydrogen-bond donors (Lipinski definition) is 1. The molecule has 0 saturated carbocycles. The van der Waals surface area contributed by atoms with Gasteiger partial charge in [0, 0.05) is 6.04 Å². The molecule has 2 heteroatoms. The fourth-order valence-corrected chi connectivity index (χ4v) is 3.46. The minimum Gasteiger partial charge on any atom is -0.317 e. The molecule has 2 fully saturated rings. The van der Waals surface area contributed by atoms with Gasteiger partial charge in [-0.05, 0) is 64.2 Å². The quantitative estimate of drug-likeness (QED) is 0.722. The van der Waals surface area contributed by atoms with E-state index in [1.165, 1.54) is 71.1 Å². The number of nitrogens with zero attached hydrogens (tertiary/aromatic N) is 1. The Morgan fingerprint density at radius 1 is 1.12 bits per heavy atom. The van der Waals surface area contributed by atoms with Gasteiger partial charge in [0.25, 0.3) is 0 Å². The lowest BCUT2D eigenvalue weighted by Gasteiger charge is -2.34. The normalized spacial score (nSPS) is 28.7. The highest BCUT2D eigenvalue weighted by molar-refractivity contribution is 4.87. The smallest absolute Gasteiger partial charge is 0.0125 e. The highest BCUT2D eigenvalue weighted by Gasteiger charge is 2.31. The molecule has 94 valence electrons. The number of likely N-dealkylation sites (tertiary alicyclic amines) is 1. The van der Waals surface area contributed by atoms with Crippen molar-refractivity contribution in [3.8, 4) is 0 Å². The Bertz CT molecular complexity index is 187. The second-order valence-electron chi connectivity index (χ2n) is 5.54. The molecule has 16 heavy (non-hydrogen) atoms. The summed E-state index contributed by atoms with van der Waals surface area (Å²) in [6, 6.07) is 0.930. The molecule has 2 rings (SSSR count). The average Bonchev–Trinajstić information content (AvgIpc) is 2.79. The highest BCUT2D eigenvalue weighted by atomic mass is 15.2. The predicted molar refractivity (Wildman–Crippen MR) is 69.7 cm³/mol. The van der Waals surface area contributed by atoms with Gasteiger partial charge < -0.3 is 10.2 Å². The van der Waals surface area contributed by atoms with Crippen LogP contribution < -0.4 is 5.32 Å². The van der Waals surface area contributed by atoms with Gasteiger partial charge in [0.2, 0.25) is 0 Å². The molecule has 2 saturated heterocycles. The SMILES string of the molecule is CCCCCN1CCCC1C1CCNCC1. The molecule has 1 unspecified atom stereocenters. The third-order valence-electron chi connectivity index (χ3n) is 4.39. The van der Waals surface area contributed by atoms with Crippen LogP contribution in [0.25, 0.3) is 0 Å². The van der Waals surface area contributed by atoms with Crippen LogP contribution in [0.3, 0.4) is 0 Å². The summed E-state index contributed by atoms with van der Waals surface area (Å²) in [4.78, 5) is 2.80. The Morgan fingerprint density at radius 2 is 1.94 bits per heavy atom. The molecular weight excluding hydrogens is 196 g/mol. The van der Waals surface area contributed by atoms with Gasteiger partial charge in [-0.2, -0.15) is 0 Å². The van der Waals surface area contributed by atoms with E-state index in [1.807, 2.05) is 0 Å². The van der Waals surface area contributed by atoms with Gasteiger partial charge >= 0.3 is 0 Å². The molecule has 0 aromatic heterocycles. The van der Waals surface area contributed by atoms with E-state index >= 15 is 0 Å². The third kappa shape index (κ3) is 3.21. The van der Waals surface area contributed by atoms with Crippen molar-refractivity contribution in [2.75, 3.05) is 26.2 Å². The zero-order valence-corrected chi connectivity index (χ0v) is 10.9. The first-order chi connectivity index (χ1) is 7.92. The summed E-state index contributed by atoms with van der Waals surface area (Å²) in [5.41, 5.74) is 0. The van der Waals surface area contributed by atoms with Crippen molar-refractivity contribution >= 4 is 0 Å². The molecular formula is C14H28N2. The van der Waals surface area contributed by atoms with Crippen LogP contribution in [0.15, 0.2) is 0 Å². The summed E-state index contributed by atoms with van der Waals surface area (Å²) in [5.74, 6) is 0.991. The summed E-state index contributed by atoms with van der Waals surface area (Å²) in [6.45, 7) is 7.54. The molecule has 1 atom stereocenters.